The van der Waals surface area contributed by atoms with Gasteiger partial charge in [-0.2, -0.15) is 13.2 Å². The first-order chi connectivity index (χ1) is 15.6. The number of hydrogen-bond acceptors (Lipinski definition) is 3. The molecular formula is C24H16ClF3N2O3. The van der Waals surface area contributed by atoms with Gasteiger partial charge in [-0.05, 0) is 42.0 Å². The monoisotopic (exact) mass is 472 g/mol. The number of hydrogen-bond donors (Lipinski definition) is 3. The summed E-state index contributed by atoms with van der Waals surface area (Å²) in [6, 6.07) is 15.5. The number of aromatic nitrogens is 1. The van der Waals surface area contributed by atoms with Gasteiger partial charge in [0.15, 0.2) is 0 Å². The van der Waals surface area contributed by atoms with E-state index in [-0.39, 0.29) is 44.9 Å². The van der Waals surface area contributed by atoms with Crippen molar-refractivity contribution in [3.8, 4) is 16.9 Å². The molecule has 9 heteroatoms. The van der Waals surface area contributed by atoms with Crippen LogP contribution in [0.15, 0.2) is 71.5 Å². The highest BCUT2D eigenvalue weighted by molar-refractivity contribution is 6.31. The third kappa shape index (κ3) is 4.70. The van der Waals surface area contributed by atoms with E-state index in [2.05, 4.69) is 10.3 Å². The molecule has 5 nitrogen and oxygen atoms in total. The SMILES string of the molecule is O=C(Cc1ccccc1)Nc1c(-c2cc(Cl)ccc2O)c2cc(C(F)(F)F)ccc2[nH]c1=O. The van der Waals surface area contributed by atoms with Crippen LogP contribution >= 0.6 is 11.6 Å². The number of aromatic hydroxyl groups is 1. The number of alkyl halides is 3. The van der Waals surface area contributed by atoms with E-state index >= 15 is 0 Å². The van der Waals surface area contributed by atoms with Crippen LogP contribution in [-0.4, -0.2) is 16.0 Å². The fourth-order valence-corrected chi connectivity index (χ4v) is 3.71. The number of benzene rings is 3. The minimum Gasteiger partial charge on any atom is -0.507 e. The smallest absolute Gasteiger partial charge is 0.416 e. The van der Waals surface area contributed by atoms with Crippen LogP contribution in [0, 0.1) is 0 Å². The summed E-state index contributed by atoms with van der Waals surface area (Å²) >= 11 is 6.06. The lowest BCUT2D eigenvalue weighted by Gasteiger charge is -2.16. The number of nitrogens with one attached hydrogen (secondary N) is 2. The molecule has 0 aliphatic carbocycles. The average Bonchev–Trinajstić information content (AvgIpc) is 2.76. The van der Waals surface area contributed by atoms with E-state index in [4.69, 9.17) is 11.6 Å². The lowest BCUT2D eigenvalue weighted by molar-refractivity contribution is -0.137. The number of phenols is 1. The quantitative estimate of drug-likeness (QED) is 0.353. The number of fused-ring (bicyclic) bond motifs is 1. The van der Waals surface area contributed by atoms with Crippen molar-refractivity contribution in [3.05, 3.63) is 93.2 Å². The molecule has 0 saturated carbocycles. The number of amides is 1. The summed E-state index contributed by atoms with van der Waals surface area (Å²) in [4.78, 5) is 28.1. The van der Waals surface area contributed by atoms with Crippen molar-refractivity contribution in [1.29, 1.82) is 0 Å². The highest BCUT2D eigenvalue weighted by Crippen LogP contribution is 2.41. The molecule has 1 aromatic heterocycles. The largest absolute Gasteiger partial charge is 0.507 e. The molecule has 0 spiro atoms. The molecule has 1 heterocycles. The molecule has 3 N–H and O–H groups in total. The van der Waals surface area contributed by atoms with Crippen LogP contribution in [0.5, 0.6) is 5.75 Å². The molecule has 3 aromatic carbocycles. The number of carbonyl (C=O) groups excluding carboxylic acids is 1. The van der Waals surface area contributed by atoms with Gasteiger partial charge in [0.05, 0.1) is 12.0 Å². The highest BCUT2D eigenvalue weighted by atomic mass is 35.5. The molecule has 1 amide bonds. The maximum atomic E-state index is 13.4. The van der Waals surface area contributed by atoms with Crippen LogP contribution in [0.1, 0.15) is 11.1 Å². The maximum Gasteiger partial charge on any atom is 0.416 e. The number of anilines is 1. The highest BCUT2D eigenvalue weighted by Gasteiger charge is 2.31. The zero-order valence-electron chi connectivity index (χ0n) is 16.8. The molecule has 0 unspecified atom stereocenters. The summed E-state index contributed by atoms with van der Waals surface area (Å²) in [6.07, 6.45) is -4.71. The van der Waals surface area contributed by atoms with Crippen molar-refractivity contribution in [2.45, 2.75) is 12.6 Å². The van der Waals surface area contributed by atoms with Crippen molar-refractivity contribution in [3.63, 3.8) is 0 Å². The van der Waals surface area contributed by atoms with Gasteiger partial charge in [-0.3, -0.25) is 9.59 Å². The standard InChI is InChI=1S/C24H16ClF3N2O3/c25-15-7-9-19(31)17(12-15)21-16-11-14(24(26,27)28)6-8-18(16)29-23(33)22(21)30-20(32)10-13-4-2-1-3-5-13/h1-9,11-12,31H,10H2,(H,29,33)(H,30,32). The predicted molar refractivity (Wildman–Crippen MR) is 120 cm³/mol. The Balaban J connectivity index is 1.94. The van der Waals surface area contributed by atoms with Crippen molar-refractivity contribution in [1.82, 2.24) is 4.98 Å². The predicted octanol–water partition coefficient (Wildman–Crippen LogP) is 5.75. The Morgan fingerprint density at radius 3 is 2.45 bits per heavy atom. The van der Waals surface area contributed by atoms with E-state index in [1.807, 2.05) is 0 Å². The zero-order valence-corrected chi connectivity index (χ0v) is 17.6. The summed E-state index contributed by atoms with van der Waals surface area (Å²) in [5, 5.41) is 13.1. The minimum absolute atomic E-state index is 0.00735. The molecule has 0 atom stereocenters. The Bertz CT molecular complexity index is 1420. The average molecular weight is 473 g/mol. The third-order valence-electron chi connectivity index (χ3n) is 5.04. The molecule has 4 rings (SSSR count). The summed E-state index contributed by atoms with van der Waals surface area (Å²) in [5.74, 6) is -0.872. The first-order valence-electron chi connectivity index (χ1n) is 9.73. The topological polar surface area (TPSA) is 82.2 Å². The van der Waals surface area contributed by atoms with Crippen molar-refractivity contribution in [2.24, 2.45) is 0 Å². The first kappa shape index (κ1) is 22.4. The fourth-order valence-electron chi connectivity index (χ4n) is 3.54. The molecule has 0 radical (unpaired) electrons. The van der Waals surface area contributed by atoms with Crippen LogP contribution < -0.4 is 10.9 Å². The molecular weight excluding hydrogens is 457 g/mol. The van der Waals surface area contributed by atoms with Gasteiger partial charge in [-0.15, -0.1) is 0 Å². The number of H-pyrrole nitrogens is 1. The minimum atomic E-state index is -4.64. The Morgan fingerprint density at radius 2 is 1.76 bits per heavy atom. The lowest BCUT2D eigenvalue weighted by atomic mass is 9.96. The van der Waals surface area contributed by atoms with Gasteiger partial charge in [0.25, 0.3) is 5.56 Å². The number of halogens is 4. The van der Waals surface area contributed by atoms with Crippen LogP contribution in [0.3, 0.4) is 0 Å². The van der Waals surface area contributed by atoms with Crippen LogP contribution in [0.4, 0.5) is 18.9 Å². The summed E-state index contributed by atoms with van der Waals surface area (Å²) in [6.45, 7) is 0. The molecule has 0 fully saturated rings. The second-order valence-electron chi connectivity index (χ2n) is 7.33. The van der Waals surface area contributed by atoms with Gasteiger partial charge >= 0.3 is 6.18 Å². The van der Waals surface area contributed by atoms with Crippen LogP contribution in [-0.2, 0) is 17.4 Å². The Labute approximate surface area is 190 Å². The van der Waals surface area contributed by atoms with Crippen molar-refractivity contribution in [2.75, 3.05) is 5.32 Å². The molecule has 0 saturated heterocycles. The number of carbonyl (C=O) groups is 1. The van der Waals surface area contributed by atoms with Gasteiger partial charge in [0.1, 0.15) is 11.4 Å². The summed E-state index contributed by atoms with van der Waals surface area (Å²) < 4.78 is 40.2. The number of aromatic amines is 1. The first-order valence-corrected chi connectivity index (χ1v) is 10.1. The van der Waals surface area contributed by atoms with E-state index in [1.165, 1.54) is 18.2 Å². The van der Waals surface area contributed by atoms with Gasteiger partial charge < -0.3 is 15.4 Å². The Hall–Kier alpha value is -3.78. The van der Waals surface area contributed by atoms with Crippen molar-refractivity contribution < 1.29 is 23.1 Å². The van der Waals surface area contributed by atoms with Crippen molar-refractivity contribution >= 4 is 34.1 Å². The lowest BCUT2D eigenvalue weighted by Crippen LogP contribution is -2.22. The van der Waals surface area contributed by atoms with Gasteiger partial charge in [0, 0.05) is 27.1 Å². The number of phenolic OH excluding ortho intramolecular Hbond substituents is 1. The third-order valence-corrected chi connectivity index (χ3v) is 5.28. The number of pyridine rings is 1. The van der Waals surface area contributed by atoms with Gasteiger partial charge in [-0.1, -0.05) is 41.9 Å². The number of rotatable bonds is 4. The fraction of sp³-hybridized carbons (Fsp3) is 0.0833. The normalized spacial score (nSPS) is 11.5. The zero-order chi connectivity index (χ0) is 23.8. The van der Waals surface area contributed by atoms with Gasteiger partial charge in [0.2, 0.25) is 5.91 Å². The second kappa shape index (κ2) is 8.63. The molecule has 4 aromatic rings. The molecule has 0 aliphatic rings. The van der Waals surface area contributed by atoms with E-state index in [9.17, 15) is 27.9 Å². The summed E-state index contributed by atoms with van der Waals surface area (Å²) in [7, 11) is 0. The van der Waals surface area contributed by atoms with Crippen LogP contribution in [0.2, 0.25) is 5.02 Å². The van der Waals surface area contributed by atoms with E-state index in [1.54, 1.807) is 30.3 Å². The Morgan fingerprint density at radius 1 is 1.03 bits per heavy atom. The second-order valence-corrected chi connectivity index (χ2v) is 7.77. The Kier molecular flexibility index (Phi) is 5.86. The van der Waals surface area contributed by atoms with E-state index in [0.29, 0.717) is 5.56 Å². The molecule has 33 heavy (non-hydrogen) atoms. The summed E-state index contributed by atoms with van der Waals surface area (Å²) in [5.41, 5.74) is -1.26. The maximum absolute atomic E-state index is 13.4. The molecule has 168 valence electrons. The van der Waals surface area contributed by atoms with E-state index in [0.717, 1.165) is 18.2 Å². The van der Waals surface area contributed by atoms with E-state index < -0.39 is 23.2 Å². The molecule has 0 aliphatic heterocycles. The molecule has 0 bridgehead atoms. The van der Waals surface area contributed by atoms with Gasteiger partial charge in [-0.25, -0.2) is 0 Å². The van der Waals surface area contributed by atoms with Crippen LogP contribution in [0.25, 0.3) is 22.0 Å².